The Morgan fingerprint density at radius 3 is 2.00 bits per heavy atom. The van der Waals surface area contributed by atoms with Crippen LogP contribution in [0.25, 0.3) is 0 Å². The number of carbonyl (C=O) groups excluding carboxylic acids is 1. The maximum absolute atomic E-state index is 13.0. The van der Waals surface area contributed by atoms with Gasteiger partial charge in [-0.05, 0) is 12.1 Å². The molecule has 0 saturated heterocycles. The van der Waals surface area contributed by atoms with Crippen LogP contribution < -0.4 is 0 Å². The van der Waals surface area contributed by atoms with Crippen LogP contribution >= 0.6 is 21.4 Å². The lowest BCUT2D eigenvalue weighted by molar-refractivity contribution is -0.390. The third-order valence-electron chi connectivity index (χ3n) is 1.62. The van der Waals surface area contributed by atoms with Crippen LogP contribution in [0.3, 0.4) is 0 Å². The van der Waals surface area contributed by atoms with Crippen molar-refractivity contribution >= 4 is 42.2 Å². The molecule has 0 atom stereocenters. The summed E-state index contributed by atoms with van der Waals surface area (Å²) < 4.78 is 39.2. The van der Waals surface area contributed by atoms with Crippen LogP contribution in [-0.4, -0.2) is 22.2 Å². The predicted octanol–water partition coefficient (Wildman–Crippen LogP) is 2.70. The van der Waals surface area contributed by atoms with Crippen molar-refractivity contribution in [1.29, 1.82) is 0 Å². The number of nitrogens with zero attached hydrogens (tertiary/aromatic N) is 1. The molecule has 0 N–H and O–H groups in total. The molecule has 0 fully saturated rings. The van der Waals surface area contributed by atoms with Gasteiger partial charge in [-0.15, -0.1) is 0 Å². The predicted molar refractivity (Wildman–Crippen MR) is 64.2 cm³/mol. The van der Waals surface area contributed by atoms with Crippen LogP contribution in [-0.2, 0) is 14.0 Å². The number of carbonyl (C=O) groups is 1. The van der Waals surface area contributed by atoms with E-state index in [-0.39, 0.29) is 0 Å². The fraction of sp³-hybridized carbons (Fsp3) is 0.125. The summed E-state index contributed by atoms with van der Waals surface area (Å²) in [6, 6.07) is 1.10. The van der Waals surface area contributed by atoms with Gasteiger partial charge in [0.15, 0.2) is 0 Å². The van der Waals surface area contributed by atoms with E-state index in [2.05, 4.69) is 26.1 Å². The molecule has 1 rings (SSSR count). The molecule has 0 aliphatic carbocycles. The van der Waals surface area contributed by atoms with Gasteiger partial charge in [0, 0.05) is 21.4 Å². The highest BCUT2D eigenvalue weighted by molar-refractivity contribution is 8.26. The minimum Gasteiger partial charge on any atom is -0.465 e. The Morgan fingerprint density at radius 2 is 1.74 bits per heavy atom. The Hall–Kier alpha value is -1.32. The van der Waals surface area contributed by atoms with Crippen molar-refractivity contribution in [1.82, 2.24) is 0 Å². The molecule has 0 amide bonds. The average molecular weight is 336 g/mol. The van der Waals surface area contributed by atoms with Crippen LogP contribution in [0.2, 0.25) is 0 Å². The lowest BCUT2D eigenvalue weighted by atomic mass is 10.2. The first-order valence-electron chi connectivity index (χ1n) is 4.16. The molecule has 0 spiro atoms. The van der Waals surface area contributed by atoms with Gasteiger partial charge in [-0.2, -0.15) is 8.78 Å². The fourth-order valence-electron chi connectivity index (χ4n) is 0.976. The first-order chi connectivity index (χ1) is 8.70. The second kappa shape index (κ2) is 7.97. The fourth-order valence-corrected chi connectivity index (χ4v) is 0.976. The van der Waals surface area contributed by atoms with Crippen molar-refractivity contribution in [2.75, 3.05) is 7.11 Å². The monoisotopic (exact) mass is 335 g/mol. The molecule has 11 heteroatoms. The number of rotatable bonds is 2. The zero-order chi connectivity index (χ0) is 15.2. The van der Waals surface area contributed by atoms with Gasteiger partial charge < -0.3 is 4.74 Å². The standard InChI is InChI=1S/C8H5F2NO4.Cl2OS/c1-15-8(12)4-2-5(9)7(11(13)14)6(10)3-4;1-4(2)3/h2-3H,1H3;. The molecule has 0 saturated carbocycles. The van der Waals surface area contributed by atoms with Gasteiger partial charge >= 0.3 is 11.7 Å². The highest BCUT2D eigenvalue weighted by atomic mass is 36.0. The molecule has 19 heavy (non-hydrogen) atoms. The van der Waals surface area contributed by atoms with Crippen molar-refractivity contribution < 1.29 is 27.4 Å². The van der Waals surface area contributed by atoms with Crippen LogP contribution in [0.5, 0.6) is 0 Å². The van der Waals surface area contributed by atoms with Crippen molar-refractivity contribution in [3.8, 4) is 0 Å². The van der Waals surface area contributed by atoms with E-state index in [4.69, 9.17) is 4.21 Å². The van der Waals surface area contributed by atoms with E-state index in [0.29, 0.717) is 12.1 Å². The largest absolute Gasteiger partial charge is 0.465 e. The maximum Gasteiger partial charge on any atom is 0.340 e. The quantitative estimate of drug-likeness (QED) is 0.359. The Labute approximate surface area is 116 Å². The highest BCUT2D eigenvalue weighted by Crippen LogP contribution is 2.23. The first kappa shape index (κ1) is 17.7. The Kier molecular flexibility index (Phi) is 7.42. The molecule has 6 nitrogen and oxygen atoms in total. The lowest BCUT2D eigenvalue weighted by Crippen LogP contribution is -2.05. The summed E-state index contributed by atoms with van der Waals surface area (Å²) in [5.74, 6) is -3.80. The molecule has 0 heterocycles. The topological polar surface area (TPSA) is 86.5 Å². The number of hydrogen-bond acceptors (Lipinski definition) is 5. The second-order valence-electron chi connectivity index (χ2n) is 2.72. The number of nitro benzene ring substituents is 1. The van der Waals surface area contributed by atoms with Crippen LogP contribution in [0.1, 0.15) is 10.4 Å². The van der Waals surface area contributed by atoms with E-state index in [9.17, 15) is 23.7 Å². The van der Waals surface area contributed by atoms with E-state index >= 15 is 0 Å². The summed E-state index contributed by atoms with van der Waals surface area (Å²) in [7, 11) is 8.39. The number of esters is 1. The molecule has 0 aliphatic heterocycles. The van der Waals surface area contributed by atoms with Crippen LogP contribution in [0.15, 0.2) is 12.1 Å². The van der Waals surface area contributed by atoms with E-state index < -0.39 is 43.0 Å². The van der Waals surface area contributed by atoms with Crippen LogP contribution in [0, 0.1) is 21.7 Å². The normalized spacial score (nSPS) is 9.58. The van der Waals surface area contributed by atoms with Gasteiger partial charge in [0.25, 0.3) is 0 Å². The summed E-state index contributed by atoms with van der Waals surface area (Å²) in [6.07, 6.45) is 0. The van der Waals surface area contributed by atoms with E-state index in [1.165, 1.54) is 0 Å². The Morgan fingerprint density at radius 1 is 1.37 bits per heavy atom. The SMILES string of the molecule is COC(=O)c1cc(F)c([N+](=O)[O-])c(F)c1.O=S(Cl)Cl. The average Bonchev–Trinajstić information content (AvgIpc) is 2.25. The number of hydrogen-bond donors (Lipinski definition) is 0. The lowest BCUT2D eigenvalue weighted by Gasteiger charge is -2.00. The molecule has 106 valence electrons. The minimum atomic E-state index is -1.67. The number of nitro groups is 1. The molecule has 1 aromatic carbocycles. The van der Waals surface area contributed by atoms with Crippen molar-refractivity contribution in [2.45, 2.75) is 0 Å². The van der Waals surface area contributed by atoms with Gasteiger partial charge in [-0.25, -0.2) is 9.00 Å². The summed E-state index contributed by atoms with van der Waals surface area (Å²) >= 11 is 0. The smallest absolute Gasteiger partial charge is 0.340 e. The van der Waals surface area contributed by atoms with E-state index in [1.807, 2.05) is 0 Å². The summed E-state index contributed by atoms with van der Waals surface area (Å²) in [6.45, 7) is 0. The van der Waals surface area contributed by atoms with Crippen molar-refractivity contribution in [3.63, 3.8) is 0 Å². The summed E-state index contributed by atoms with van der Waals surface area (Å²) in [5, 5.41) is 10.2. The zero-order valence-electron chi connectivity index (χ0n) is 9.06. The molecule has 0 aliphatic rings. The van der Waals surface area contributed by atoms with Crippen molar-refractivity contribution in [2.24, 2.45) is 0 Å². The Bertz CT molecular complexity index is 501. The minimum absolute atomic E-state index is 0.418. The second-order valence-corrected chi connectivity index (χ2v) is 5.25. The van der Waals surface area contributed by atoms with Crippen LogP contribution in [0.4, 0.5) is 14.5 Å². The van der Waals surface area contributed by atoms with E-state index in [1.54, 1.807) is 0 Å². The third-order valence-corrected chi connectivity index (χ3v) is 1.62. The molecule has 0 bridgehead atoms. The molecule has 0 radical (unpaired) electrons. The molecule has 0 unspecified atom stereocenters. The number of ether oxygens (including phenoxy) is 1. The van der Waals surface area contributed by atoms with Gasteiger partial charge in [-0.1, -0.05) is 0 Å². The number of halogens is 4. The van der Waals surface area contributed by atoms with Gasteiger partial charge in [-0.3, -0.25) is 10.1 Å². The van der Waals surface area contributed by atoms with Gasteiger partial charge in [0.2, 0.25) is 20.9 Å². The molecular weight excluding hydrogens is 331 g/mol. The first-order valence-corrected chi connectivity index (χ1v) is 6.97. The van der Waals surface area contributed by atoms with Gasteiger partial charge in [0.1, 0.15) is 0 Å². The maximum atomic E-state index is 13.0. The Balaban J connectivity index is 0.000000711. The van der Waals surface area contributed by atoms with E-state index in [0.717, 1.165) is 7.11 Å². The zero-order valence-corrected chi connectivity index (χ0v) is 11.4. The highest BCUT2D eigenvalue weighted by Gasteiger charge is 2.23. The number of benzene rings is 1. The molecular formula is C8H5Cl2F2NO5S. The summed E-state index contributed by atoms with van der Waals surface area (Å²) in [4.78, 5) is 19.9. The van der Waals surface area contributed by atoms with Gasteiger partial charge in [0.05, 0.1) is 17.6 Å². The summed E-state index contributed by atoms with van der Waals surface area (Å²) in [5.41, 5.74) is -1.71. The van der Waals surface area contributed by atoms with Crippen molar-refractivity contribution in [3.05, 3.63) is 39.4 Å². The number of methoxy groups -OCH3 is 1. The molecule has 0 aromatic heterocycles. The third kappa shape index (κ3) is 5.90. The molecule has 1 aromatic rings.